The molecule has 5 heteroatoms. The van der Waals surface area contributed by atoms with Crippen LogP contribution < -0.4 is 5.32 Å². The number of aryl methyl sites for hydroxylation is 1. The van der Waals surface area contributed by atoms with Crippen molar-refractivity contribution in [3.05, 3.63) is 45.4 Å². The molecule has 108 valence electrons. The van der Waals surface area contributed by atoms with E-state index in [9.17, 15) is 0 Å². The first-order valence-electron chi connectivity index (χ1n) is 6.84. The van der Waals surface area contributed by atoms with E-state index in [4.69, 9.17) is 0 Å². The summed E-state index contributed by atoms with van der Waals surface area (Å²) in [5.41, 5.74) is 4.38. The minimum Gasteiger partial charge on any atom is -0.310 e. The molecular weight excluding hydrogens is 316 g/mol. The molecule has 0 atom stereocenters. The Hall–Kier alpha value is -1.20. The molecule has 2 rings (SSSR count). The standard InChI is InChI=1S/C15H21BrN4/c1-10(2)17-7-13-5-6-14(18-8-13)9-20-12(4)15(16)11(3)19-20/h5-6,8,10,17H,7,9H2,1-4H3. The normalized spacial score (nSPS) is 11.3. The molecule has 0 fully saturated rings. The van der Waals surface area contributed by atoms with Crippen LogP contribution in [-0.4, -0.2) is 20.8 Å². The van der Waals surface area contributed by atoms with Crippen LogP contribution in [0.4, 0.5) is 0 Å². The Morgan fingerprint density at radius 3 is 2.55 bits per heavy atom. The zero-order valence-corrected chi connectivity index (χ0v) is 14.0. The van der Waals surface area contributed by atoms with Gasteiger partial charge in [-0.2, -0.15) is 5.10 Å². The predicted molar refractivity (Wildman–Crippen MR) is 84.7 cm³/mol. The van der Waals surface area contributed by atoms with Gasteiger partial charge in [-0.3, -0.25) is 9.67 Å². The first-order valence-corrected chi connectivity index (χ1v) is 7.63. The lowest BCUT2D eigenvalue weighted by Crippen LogP contribution is -2.21. The molecule has 0 aromatic carbocycles. The van der Waals surface area contributed by atoms with Gasteiger partial charge in [0.2, 0.25) is 0 Å². The zero-order valence-electron chi connectivity index (χ0n) is 12.4. The minimum absolute atomic E-state index is 0.488. The third-order valence-corrected chi connectivity index (χ3v) is 4.35. The molecule has 0 saturated carbocycles. The van der Waals surface area contributed by atoms with E-state index >= 15 is 0 Å². The summed E-state index contributed by atoms with van der Waals surface area (Å²) in [4.78, 5) is 4.52. The van der Waals surface area contributed by atoms with E-state index < -0.39 is 0 Å². The van der Waals surface area contributed by atoms with Crippen LogP contribution in [0.1, 0.15) is 36.5 Å². The molecule has 0 bridgehead atoms. The van der Waals surface area contributed by atoms with Crippen LogP contribution in [0.3, 0.4) is 0 Å². The highest BCUT2D eigenvalue weighted by Gasteiger charge is 2.09. The highest BCUT2D eigenvalue weighted by Crippen LogP contribution is 2.20. The van der Waals surface area contributed by atoms with Crippen molar-refractivity contribution in [1.82, 2.24) is 20.1 Å². The van der Waals surface area contributed by atoms with Gasteiger partial charge in [-0.25, -0.2) is 0 Å². The molecule has 20 heavy (non-hydrogen) atoms. The summed E-state index contributed by atoms with van der Waals surface area (Å²) < 4.78 is 3.06. The maximum atomic E-state index is 4.52. The summed E-state index contributed by atoms with van der Waals surface area (Å²) in [6.45, 7) is 9.91. The van der Waals surface area contributed by atoms with Gasteiger partial charge in [0.15, 0.2) is 0 Å². The van der Waals surface area contributed by atoms with E-state index in [0.717, 1.165) is 28.1 Å². The third kappa shape index (κ3) is 3.67. The van der Waals surface area contributed by atoms with Crippen molar-refractivity contribution < 1.29 is 0 Å². The minimum atomic E-state index is 0.488. The van der Waals surface area contributed by atoms with Crippen molar-refractivity contribution in [3.8, 4) is 0 Å². The number of halogens is 1. The lowest BCUT2D eigenvalue weighted by atomic mass is 10.2. The Morgan fingerprint density at radius 1 is 1.30 bits per heavy atom. The van der Waals surface area contributed by atoms with Crippen LogP contribution in [-0.2, 0) is 13.1 Å². The number of nitrogens with one attached hydrogen (secondary N) is 1. The van der Waals surface area contributed by atoms with Crippen LogP contribution in [0.5, 0.6) is 0 Å². The number of rotatable bonds is 5. The molecular formula is C15H21BrN4. The van der Waals surface area contributed by atoms with Gasteiger partial charge in [0.05, 0.1) is 28.1 Å². The fourth-order valence-corrected chi connectivity index (χ4v) is 2.24. The summed E-state index contributed by atoms with van der Waals surface area (Å²) in [6.07, 6.45) is 1.94. The maximum Gasteiger partial charge on any atom is 0.0834 e. The van der Waals surface area contributed by atoms with E-state index in [-0.39, 0.29) is 0 Å². The van der Waals surface area contributed by atoms with Gasteiger partial charge in [0.1, 0.15) is 0 Å². The van der Waals surface area contributed by atoms with Gasteiger partial charge in [-0.15, -0.1) is 0 Å². The smallest absolute Gasteiger partial charge is 0.0834 e. The van der Waals surface area contributed by atoms with E-state index in [1.54, 1.807) is 0 Å². The molecule has 4 nitrogen and oxygen atoms in total. The fraction of sp³-hybridized carbons (Fsp3) is 0.467. The second-order valence-corrected chi connectivity index (χ2v) is 6.13. The number of hydrogen-bond acceptors (Lipinski definition) is 3. The molecule has 1 N–H and O–H groups in total. The number of hydrogen-bond donors (Lipinski definition) is 1. The van der Waals surface area contributed by atoms with Gasteiger partial charge in [0.25, 0.3) is 0 Å². The first kappa shape index (κ1) is 15.2. The van der Waals surface area contributed by atoms with Gasteiger partial charge in [0, 0.05) is 18.8 Å². The summed E-state index contributed by atoms with van der Waals surface area (Å²) in [7, 11) is 0. The van der Waals surface area contributed by atoms with Crippen LogP contribution >= 0.6 is 15.9 Å². The van der Waals surface area contributed by atoms with E-state index in [2.05, 4.69) is 64.2 Å². The third-order valence-electron chi connectivity index (χ3n) is 3.21. The molecule has 0 aliphatic heterocycles. The van der Waals surface area contributed by atoms with Crippen molar-refractivity contribution in [2.75, 3.05) is 0 Å². The summed E-state index contributed by atoms with van der Waals surface area (Å²) >= 11 is 3.55. The van der Waals surface area contributed by atoms with Crippen LogP contribution in [0.2, 0.25) is 0 Å². The van der Waals surface area contributed by atoms with Crippen LogP contribution in [0, 0.1) is 13.8 Å². The molecule has 0 saturated heterocycles. The van der Waals surface area contributed by atoms with E-state index in [1.807, 2.05) is 17.8 Å². The monoisotopic (exact) mass is 336 g/mol. The van der Waals surface area contributed by atoms with Crippen LogP contribution in [0.25, 0.3) is 0 Å². The first-order chi connectivity index (χ1) is 9.47. The van der Waals surface area contributed by atoms with Gasteiger partial charge >= 0.3 is 0 Å². The molecule has 0 spiro atoms. The molecule has 0 radical (unpaired) electrons. The van der Waals surface area contributed by atoms with Crippen molar-refractivity contribution in [2.45, 2.75) is 46.8 Å². The quantitative estimate of drug-likeness (QED) is 0.911. The van der Waals surface area contributed by atoms with E-state index in [0.29, 0.717) is 12.6 Å². The predicted octanol–water partition coefficient (Wildman–Crippen LogP) is 3.20. The molecule has 0 aliphatic rings. The van der Waals surface area contributed by atoms with Gasteiger partial charge < -0.3 is 5.32 Å². The molecule has 2 heterocycles. The maximum absolute atomic E-state index is 4.52. The Morgan fingerprint density at radius 2 is 2.05 bits per heavy atom. The van der Waals surface area contributed by atoms with Crippen LogP contribution in [0.15, 0.2) is 22.8 Å². The summed E-state index contributed by atoms with van der Waals surface area (Å²) in [5, 5.41) is 7.89. The second kappa shape index (κ2) is 6.50. The Labute approximate surface area is 128 Å². The number of pyridine rings is 1. The topological polar surface area (TPSA) is 42.7 Å². The summed E-state index contributed by atoms with van der Waals surface area (Å²) in [6, 6.07) is 4.68. The Kier molecular flexibility index (Phi) is 4.94. The lowest BCUT2D eigenvalue weighted by Gasteiger charge is -2.09. The SMILES string of the molecule is Cc1nn(Cc2ccc(CNC(C)C)cn2)c(C)c1Br. The highest BCUT2D eigenvalue weighted by molar-refractivity contribution is 9.10. The van der Waals surface area contributed by atoms with E-state index in [1.165, 1.54) is 5.56 Å². The number of nitrogens with zero attached hydrogens (tertiary/aromatic N) is 3. The van der Waals surface area contributed by atoms with Crippen molar-refractivity contribution in [2.24, 2.45) is 0 Å². The van der Waals surface area contributed by atoms with Crippen molar-refractivity contribution in [1.29, 1.82) is 0 Å². The Balaban J connectivity index is 2.05. The molecule has 0 amide bonds. The van der Waals surface area contributed by atoms with Gasteiger partial charge in [-0.05, 0) is 41.4 Å². The average Bonchev–Trinajstić information content (AvgIpc) is 2.65. The summed E-state index contributed by atoms with van der Waals surface area (Å²) in [5.74, 6) is 0. The average molecular weight is 337 g/mol. The Bertz CT molecular complexity index is 572. The largest absolute Gasteiger partial charge is 0.310 e. The van der Waals surface area contributed by atoms with Gasteiger partial charge in [-0.1, -0.05) is 19.9 Å². The van der Waals surface area contributed by atoms with Crippen molar-refractivity contribution >= 4 is 15.9 Å². The fourth-order valence-electron chi connectivity index (χ4n) is 1.96. The molecule has 0 unspecified atom stereocenters. The second-order valence-electron chi connectivity index (χ2n) is 5.34. The molecule has 2 aromatic heterocycles. The number of aromatic nitrogens is 3. The molecule has 2 aromatic rings. The zero-order chi connectivity index (χ0) is 14.7. The highest BCUT2D eigenvalue weighted by atomic mass is 79.9. The molecule has 0 aliphatic carbocycles. The lowest BCUT2D eigenvalue weighted by molar-refractivity contribution is 0.587. The van der Waals surface area contributed by atoms with Crippen molar-refractivity contribution in [3.63, 3.8) is 0 Å².